The highest BCUT2D eigenvalue weighted by molar-refractivity contribution is 6.31. The van der Waals surface area contributed by atoms with Crippen molar-refractivity contribution >= 4 is 29.0 Å². The van der Waals surface area contributed by atoms with Crippen LogP contribution in [0, 0.1) is 11.6 Å². The number of nitrogens with one attached hydrogen (secondary N) is 1. The summed E-state index contributed by atoms with van der Waals surface area (Å²) in [6, 6.07) is 1.45. The lowest BCUT2D eigenvalue weighted by Crippen LogP contribution is -2.47. The molecule has 2 aliphatic heterocycles. The van der Waals surface area contributed by atoms with Gasteiger partial charge in [-0.2, -0.15) is 5.10 Å². The summed E-state index contributed by atoms with van der Waals surface area (Å²) in [5.41, 5.74) is 1.72. The minimum absolute atomic E-state index is 0.0790. The van der Waals surface area contributed by atoms with Gasteiger partial charge in [-0.3, -0.25) is 4.68 Å². The predicted molar refractivity (Wildman–Crippen MR) is 100 cm³/mol. The third kappa shape index (κ3) is 3.29. The van der Waals surface area contributed by atoms with Crippen LogP contribution in [-0.2, 0) is 13.1 Å². The van der Waals surface area contributed by atoms with Gasteiger partial charge in [0.05, 0.1) is 41.7 Å². The molecule has 2 aromatic rings. The molecular formula is C18H20ClF2N5O2. The molecule has 1 fully saturated rings. The average Bonchev–Trinajstić information content (AvgIpc) is 3.24. The van der Waals surface area contributed by atoms with Crippen LogP contribution in [0.3, 0.4) is 0 Å². The molecule has 1 aromatic heterocycles. The zero-order valence-electron chi connectivity index (χ0n) is 15.2. The molecule has 4 rings (SSSR count). The van der Waals surface area contributed by atoms with E-state index in [1.807, 2.05) is 16.5 Å². The van der Waals surface area contributed by atoms with Crippen LogP contribution in [0.15, 0.2) is 18.3 Å². The second kappa shape index (κ2) is 7.21. The molecule has 0 radical (unpaired) electrons. The van der Waals surface area contributed by atoms with Crippen LogP contribution in [0.2, 0.25) is 5.02 Å². The molecule has 0 spiro atoms. The van der Waals surface area contributed by atoms with Crippen molar-refractivity contribution in [3.8, 4) is 0 Å². The molecule has 2 aliphatic rings. The van der Waals surface area contributed by atoms with Crippen molar-refractivity contribution in [2.75, 3.05) is 16.8 Å². The maximum absolute atomic E-state index is 13.6. The number of fused-ring (bicyclic) bond motifs is 1. The highest BCUT2D eigenvalue weighted by Crippen LogP contribution is 2.32. The molecule has 0 aliphatic carbocycles. The van der Waals surface area contributed by atoms with E-state index in [1.54, 1.807) is 11.1 Å². The van der Waals surface area contributed by atoms with Gasteiger partial charge in [0.15, 0.2) is 11.6 Å². The first kappa shape index (κ1) is 18.9. The topological polar surface area (TPSA) is 73.6 Å². The number of hydrogen-bond acceptors (Lipinski definition) is 4. The number of aliphatic hydroxyl groups is 1. The number of halogens is 3. The number of anilines is 2. The molecule has 2 amide bonds. The Kier molecular flexibility index (Phi) is 4.88. The zero-order valence-corrected chi connectivity index (χ0v) is 16.0. The quantitative estimate of drug-likeness (QED) is 0.744. The molecule has 0 saturated carbocycles. The fraction of sp³-hybridized carbons (Fsp3) is 0.444. The molecule has 1 aromatic carbocycles. The lowest BCUT2D eigenvalue weighted by atomic mass is 10.2. The van der Waals surface area contributed by atoms with Gasteiger partial charge in [-0.1, -0.05) is 11.6 Å². The summed E-state index contributed by atoms with van der Waals surface area (Å²) in [6.45, 7) is 3.38. The van der Waals surface area contributed by atoms with Crippen molar-refractivity contribution in [1.82, 2.24) is 14.7 Å². The van der Waals surface area contributed by atoms with E-state index in [-0.39, 0.29) is 18.3 Å². The Morgan fingerprint density at radius 2 is 2.18 bits per heavy atom. The van der Waals surface area contributed by atoms with Gasteiger partial charge < -0.3 is 20.2 Å². The lowest BCUT2D eigenvalue weighted by molar-refractivity contribution is 0.160. The lowest BCUT2D eigenvalue weighted by Gasteiger charge is -2.35. The first-order valence-electron chi connectivity index (χ1n) is 9.06. The first-order chi connectivity index (χ1) is 13.3. The molecule has 10 heteroatoms. The van der Waals surface area contributed by atoms with E-state index in [1.165, 1.54) is 6.07 Å². The Labute approximate surface area is 165 Å². The maximum Gasteiger partial charge on any atom is 0.322 e. The molecule has 2 atom stereocenters. The number of aliphatic hydroxyl groups excluding tert-OH is 1. The van der Waals surface area contributed by atoms with Crippen molar-refractivity contribution in [2.24, 2.45) is 0 Å². The molecule has 1 saturated heterocycles. The molecule has 28 heavy (non-hydrogen) atoms. The summed E-state index contributed by atoms with van der Waals surface area (Å²) in [5, 5.41) is 16.7. The fourth-order valence-corrected chi connectivity index (χ4v) is 3.96. The summed E-state index contributed by atoms with van der Waals surface area (Å²) < 4.78 is 28.8. The number of nitrogens with zero attached hydrogens (tertiary/aromatic N) is 4. The van der Waals surface area contributed by atoms with E-state index in [0.717, 1.165) is 30.4 Å². The summed E-state index contributed by atoms with van der Waals surface area (Å²) in [7, 11) is 0. The van der Waals surface area contributed by atoms with E-state index in [4.69, 9.17) is 11.6 Å². The Bertz CT molecular complexity index is 898. The number of amides is 2. The van der Waals surface area contributed by atoms with E-state index in [9.17, 15) is 18.7 Å². The van der Waals surface area contributed by atoms with Gasteiger partial charge >= 0.3 is 6.03 Å². The summed E-state index contributed by atoms with van der Waals surface area (Å²) in [5.74, 6) is -2.28. The number of benzene rings is 1. The smallest absolute Gasteiger partial charge is 0.322 e. The summed E-state index contributed by atoms with van der Waals surface area (Å²) in [6.07, 6.45) is 2.75. The molecule has 0 bridgehead atoms. The van der Waals surface area contributed by atoms with Gasteiger partial charge in [-0.05, 0) is 25.8 Å². The van der Waals surface area contributed by atoms with Crippen LogP contribution < -0.4 is 10.2 Å². The van der Waals surface area contributed by atoms with Crippen LogP contribution in [0.4, 0.5) is 25.0 Å². The number of aromatic nitrogens is 2. The minimum atomic E-state index is -1.15. The van der Waals surface area contributed by atoms with Gasteiger partial charge in [0.25, 0.3) is 0 Å². The SMILES string of the molecule is C[C@H]1Cn2ncc(N3CCCC3O)c2CN1C(=O)Nc1cc(F)c(F)c(Cl)c1. The van der Waals surface area contributed by atoms with E-state index in [2.05, 4.69) is 10.4 Å². The molecule has 1 unspecified atom stereocenters. The van der Waals surface area contributed by atoms with Crippen molar-refractivity contribution in [3.63, 3.8) is 0 Å². The van der Waals surface area contributed by atoms with Gasteiger partial charge in [-0.15, -0.1) is 0 Å². The second-order valence-corrected chi connectivity index (χ2v) is 7.54. The van der Waals surface area contributed by atoms with E-state index in [0.29, 0.717) is 13.0 Å². The largest absolute Gasteiger partial charge is 0.374 e. The van der Waals surface area contributed by atoms with Crippen LogP contribution in [-0.4, -0.2) is 44.6 Å². The first-order valence-corrected chi connectivity index (χ1v) is 9.44. The fourth-order valence-electron chi connectivity index (χ4n) is 3.75. The third-order valence-electron chi connectivity index (χ3n) is 5.24. The average molecular weight is 412 g/mol. The van der Waals surface area contributed by atoms with Gasteiger partial charge in [0.1, 0.15) is 6.23 Å². The van der Waals surface area contributed by atoms with Crippen molar-refractivity contribution < 1.29 is 18.7 Å². The molecule has 3 heterocycles. The number of carbonyl (C=O) groups is 1. The van der Waals surface area contributed by atoms with Crippen LogP contribution in [0.5, 0.6) is 0 Å². The minimum Gasteiger partial charge on any atom is -0.374 e. The van der Waals surface area contributed by atoms with E-state index >= 15 is 0 Å². The van der Waals surface area contributed by atoms with Crippen LogP contribution in [0.25, 0.3) is 0 Å². The standard InChI is InChI=1S/C18H20ClF2N5O2/c1-10-8-26-15(14(7-22-26)24-4-2-3-16(24)27)9-25(10)18(28)23-11-5-12(19)17(21)13(20)6-11/h5-7,10,16,27H,2-4,8-9H2,1H3,(H,23,28)/t10-,16?/m0/s1. The normalized spacial score (nSPS) is 21.8. The predicted octanol–water partition coefficient (Wildman–Crippen LogP) is 3.17. The molecule has 2 N–H and O–H groups in total. The molecule has 7 nitrogen and oxygen atoms in total. The van der Waals surface area contributed by atoms with Gasteiger partial charge in [0.2, 0.25) is 0 Å². The highest BCUT2D eigenvalue weighted by atomic mass is 35.5. The van der Waals surface area contributed by atoms with E-state index < -0.39 is 28.9 Å². The second-order valence-electron chi connectivity index (χ2n) is 7.14. The molecular weight excluding hydrogens is 392 g/mol. The Balaban J connectivity index is 1.55. The number of urea groups is 1. The van der Waals surface area contributed by atoms with Crippen molar-refractivity contribution in [1.29, 1.82) is 0 Å². The Morgan fingerprint density at radius 3 is 2.86 bits per heavy atom. The monoisotopic (exact) mass is 411 g/mol. The third-order valence-corrected chi connectivity index (χ3v) is 5.52. The zero-order chi connectivity index (χ0) is 20.0. The maximum atomic E-state index is 13.6. The highest BCUT2D eigenvalue weighted by Gasteiger charge is 2.33. The van der Waals surface area contributed by atoms with Crippen molar-refractivity contribution in [3.05, 3.63) is 40.7 Å². The summed E-state index contributed by atoms with van der Waals surface area (Å²) in [4.78, 5) is 16.3. The van der Waals surface area contributed by atoms with Crippen LogP contribution >= 0.6 is 11.6 Å². The number of rotatable bonds is 2. The van der Waals surface area contributed by atoms with Crippen molar-refractivity contribution in [2.45, 2.75) is 45.1 Å². The Hall–Kier alpha value is -2.39. The number of carbonyl (C=O) groups excluding carboxylic acids is 1. The van der Waals surface area contributed by atoms with Gasteiger partial charge in [0, 0.05) is 18.3 Å². The Morgan fingerprint density at radius 1 is 1.39 bits per heavy atom. The summed E-state index contributed by atoms with van der Waals surface area (Å²) >= 11 is 5.66. The number of hydrogen-bond donors (Lipinski definition) is 2. The molecule has 150 valence electrons. The van der Waals surface area contributed by atoms with Gasteiger partial charge in [-0.25, -0.2) is 13.6 Å². The van der Waals surface area contributed by atoms with Crippen LogP contribution in [0.1, 0.15) is 25.5 Å².